The van der Waals surface area contributed by atoms with Crippen molar-refractivity contribution in [3.63, 3.8) is 0 Å². The van der Waals surface area contributed by atoms with Crippen LogP contribution in [-0.4, -0.2) is 25.1 Å². The van der Waals surface area contributed by atoms with Crippen LogP contribution in [0.25, 0.3) is 0 Å². The molecule has 1 aliphatic heterocycles. The second-order valence-electron chi connectivity index (χ2n) is 3.72. The number of hydrogen-bond donors (Lipinski definition) is 2. The summed E-state index contributed by atoms with van der Waals surface area (Å²) in [5.41, 5.74) is 0. The summed E-state index contributed by atoms with van der Waals surface area (Å²) in [5.74, 6) is 2.36. The van der Waals surface area contributed by atoms with Crippen molar-refractivity contribution in [3.8, 4) is 0 Å². The predicted molar refractivity (Wildman–Crippen MR) is 54.1 cm³/mol. The van der Waals surface area contributed by atoms with Crippen molar-refractivity contribution in [1.29, 1.82) is 0 Å². The molecule has 78 valence electrons. The molecule has 0 radical (unpaired) electrons. The summed E-state index contributed by atoms with van der Waals surface area (Å²) in [7, 11) is 1.91. The van der Waals surface area contributed by atoms with Crippen molar-refractivity contribution < 1.29 is 4.42 Å². The van der Waals surface area contributed by atoms with Crippen molar-refractivity contribution in [3.05, 3.63) is 17.8 Å². The number of hydrogen-bond acceptors (Lipinski definition) is 4. The van der Waals surface area contributed by atoms with Gasteiger partial charge in [0.1, 0.15) is 5.76 Å². The van der Waals surface area contributed by atoms with Gasteiger partial charge in [-0.15, -0.1) is 0 Å². The van der Waals surface area contributed by atoms with E-state index in [9.17, 15) is 0 Å². The molecule has 0 saturated carbocycles. The molecule has 1 aromatic heterocycles. The molecular weight excluding hydrogens is 178 g/mol. The van der Waals surface area contributed by atoms with E-state index in [-0.39, 0.29) is 0 Å². The number of oxazole rings is 1. The Morgan fingerprint density at radius 2 is 2.36 bits per heavy atom. The zero-order chi connectivity index (χ0) is 9.80. The van der Waals surface area contributed by atoms with Crippen molar-refractivity contribution in [2.75, 3.05) is 20.1 Å². The molecular formula is C10H17N3O. The standard InChI is InChI=1S/C10H17N3O/c1-11-6-9-7-13-10(14-9)8-2-4-12-5-3-8/h7-8,11-12H,2-6H2,1H3. The van der Waals surface area contributed by atoms with Crippen molar-refractivity contribution >= 4 is 0 Å². The van der Waals surface area contributed by atoms with Gasteiger partial charge in [0.05, 0.1) is 12.7 Å². The van der Waals surface area contributed by atoms with Crippen LogP contribution in [0.5, 0.6) is 0 Å². The highest BCUT2D eigenvalue weighted by Crippen LogP contribution is 2.24. The van der Waals surface area contributed by atoms with E-state index in [1.54, 1.807) is 0 Å². The Morgan fingerprint density at radius 1 is 1.57 bits per heavy atom. The van der Waals surface area contributed by atoms with Crippen LogP contribution in [0, 0.1) is 0 Å². The van der Waals surface area contributed by atoms with Crippen LogP contribution in [0.1, 0.15) is 30.4 Å². The van der Waals surface area contributed by atoms with Crippen LogP contribution >= 0.6 is 0 Å². The fourth-order valence-corrected chi connectivity index (χ4v) is 1.84. The average molecular weight is 195 g/mol. The van der Waals surface area contributed by atoms with Gasteiger partial charge in [-0.3, -0.25) is 0 Å². The molecule has 1 aliphatic rings. The average Bonchev–Trinajstić information content (AvgIpc) is 2.68. The molecule has 0 aromatic carbocycles. The number of nitrogens with zero attached hydrogens (tertiary/aromatic N) is 1. The maximum atomic E-state index is 5.66. The summed E-state index contributed by atoms with van der Waals surface area (Å²) in [6, 6.07) is 0. The number of piperidine rings is 1. The molecule has 0 amide bonds. The zero-order valence-electron chi connectivity index (χ0n) is 8.55. The first-order valence-electron chi connectivity index (χ1n) is 5.20. The SMILES string of the molecule is CNCc1cnc(C2CCNCC2)o1. The molecule has 4 nitrogen and oxygen atoms in total. The molecule has 1 fully saturated rings. The highest BCUT2D eigenvalue weighted by molar-refractivity contribution is 5.00. The first kappa shape index (κ1) is 9.68. The third kappa shape index (κ3) is 2.13. The normalized spacial score (nSPS) is 18.6. The summed E-state index contributed by atoms with van der Waals surface area (Å²) in [6.45, 7) is 2.92. The van der Waals surface area contributed by atoms with Crippen LogP contribution in [-0.2, 0) is 6.54 Å². The van der Waals surface area contributed by atoms with Crippen LogP contribution in [0.4, 0.5) is 0 Å². The Kier molecular flexibility index (Phi) is 3.16. The Hall–Kier alpha value is -0.870. The lowest BCUT2D eigenvalue weighted by molar-refractivity contribution is 0.358. The number of nitrogens with one attached hydrogen (secondary N) is 2. The predicted octanol–water partition coefficient (Wildman–Crippen LogP) is 0.861. The largest absolute Gasteiger partial charge is 0.444 e. The summed E-state index contributed by atoms with van der Waals surface area (Å²) >= 11 is 0. The highest BCUT2D eigenvalue weighted by Gasteiger charge is 2.19. The van der Waals surface area contributed by atoms with Gasteiger partial charge in [0, 0.05) is 5.92 Å². The Morgan fingerprint density at radius 3 is 3.07 bits per heavy atom. The van der Waals surface area contributed by atoms with E-state index in [4.69, 9.17) is 4.42 Å². The molecule has 14 heavy (non-hydrogen) atoms. The summed E-state index contributed by atoms with van der Waals surface area (Å²) in [6.07, 6.45) is 4.10. The maximum Gasteiger partial charge on any atom is 0.197 e. The van der Waals surface area contributed by atoms with Gasteiger partial charge in [0.15, 0.2) is 5.89 Å². The summed E-state index contributed by atoms with van der Waals surface area (Å²) < 4.78 is 5.66. The molecule has 2 rings (SSSR count). The second kappa shape index (κ2) is 4.57. The van der Waals surface area contributed by atoms with E-state index in [1.165, 1.54) is 0 Å². The minimum Gasteiger partial charge on any atom is -0.444 e. The van der Waals surface area contributed by atoms with Gasteiger partial charge < -0.3 is 15.1 Å². The summed E-state index contributed by atoms with van der Waals surface area (Å²) in [5, 5.41) is 6.39. The van der Waals surface area contributed by atoms with Gasteiger partial charge in [0.25, 0.3) is 0 Å². The van der Waals surface area contributed by atoms with Crippen LogP contribution in [0.15, 0.2) is 10.6 Å². The molecule has 0 bridgehead atoms. The number of rotatable bonds is 3. The Labute approximate surface area is 84.1 Å². The Bertz CT molecular complexity index is 279. The van der Waals surface area contributed by atoms with Crippen molar-refractivity contribution in [2.24, 2.45) is 0 Å². The molecule has 0 atom stereocenters. The fourth-order valence-electron chi connectivity index (χ4n) is 1.84. The molecule has 0 spiro atoms. The first-order valence-corrected chi connectivity index (χ1v) is 5.20. The monoisotopic (exact) mass is 195 g/mol. The summed E-state index contributed by atoms with van der Waals surface area (Å²) in [4.78, 5) is 4.32. The first-order chi connectivity index (χ1) is 6.90. The van der Waals surface area contributed by atoms with Gasteiger partial charge in [0.2, 0.25) is 0 Å². The van der Waals surface area contributed by atoms with Gasteiger partial charge in [-0.05, 0) is 33.0 Å². The molecule has 2 N–H and O–H groups in total. The number of aromatic nitrogens is 1. The third-order valence-corrected chi connectivity index (χ3v) is 2.61. The maximum absolute atomic E-state index is 5.66. The van der Waals surface area contributed by atoms with Gasteiger partial charge >= 0.3 is 0 Å². The molecule has 2 heterocycles. The van der Waals surface area contributed by atoms with E-state index < -0.39 is 0 Å². The van der Waals surface area contributed by atoms with Crippen LogP contribution < -0.4 is 10.6 Å². The van der Waals surface area contributed by atoms with E-state index in [0.717, 1.165) is 44.1 Å². The lowest BCUT2D eigenvalue weighted by Crippen LogP contribution is -2.26. The molecule has 4 heteroatoms. The zero-order valence-corrected chi connectivity index (χ0v) is 8.55. The van der Waals surface area contributed by atoms with E-state index in [0.29, 0.717) is 5.92 Å². The molecule has 0 aliphatic carbocycles. The third-order valence-electron chi connectivity index (χ3n) is 2.61. The van der Waals surface area contributed by atoms with Crippen molar-refractivity contribution in [1.82, 2.24) is 15.6 Å². The van der Waals surface area contributed by atoms with Gasteiger partial charge in [-0.25, -0.2) is 4.98 Å². The van der Waals surface area contributed by atoms with E-state index in [2.05, 4.69) is 15.6 Å². The second-order valence-corrected chi connectivity index (χ2v) is 3.72. The van der Waals surface area contributed by atoms with Gasteiger partial charge in [-0.2, -0.15) is 0 Å². The highest BCUT2D eigenvalue weighted by atomic mass is 16.4. The van der Waals surface area contributed by atoms with E-state index in [1.807, 2.05) is 13.2 Å². The quantitative estimate of drug-likeness (QED) is 0.751. The lowest BCUT2D eigenvalue weighted by Gasteiger charge is -2.19. The Balaban J connectivity index is 2.00. The topological polar surface area (TPSA) is 50.1 Å². The fraction of sp³-hybridized carbons (Fsp3) is 0.700. The minimum absolute atomic E-state index is 0.516. The lowest BCUT2D eigenvalue weighted by atomic mass is 9.98. The van der Waals surface area contributed by atoms with Crippen LogP contribution in [0.3, 0.4) is 0 Å². The smallest absolute Gasteiger partial charge is 0.197 e. The van der Waals surface area contributed by atoms with Gasteiger partial charge in [-0.1, -0.05) is 0 Å². The minimum atomic E-state index is 0.516. The van der Waals surface area contributed by atoms with Crippen molar-refractivity contribution in [2.45, 2.75) is 25.3 Å². The molecule has 0 unspecified atom stereocenters. The molecule has 1 aromatic rings. The van der Waals surface area contributed by atoms with Crippen LogP contribution in [0.2, 0.25) is 0 Å². The van der Waals surface area contributed by atoms with E-state index >= 15 is 0 Å². The molecule has 1 saturated heterocycles.